The van der Waals surface area contributed by atoms with Gasteiger partial charge in [-0.3, -0.25) is 14.4 Å². The standard InChI is InChI=1S/C32H44N6O6/c1-19(2)15-27(37-29(40)24(34)16-20-10-12-22(39)13-11-20)30(41)38-28(17-21-18-35-25-8-4-3-7-23(21)25)31(42)36-26(32(43)44)9-5-6-14-33/h3-4,7-8,10-13,18-19,24,26-28,35,39H,5-6,9,14-17,33-34H2,1-2H3,(H,36,42)(H,37,40)(H,38,41)(H,43,44). The van der Waals surface area contributed by atoms with Gasteiger partial charge in [0.15, 0.2) is 0 Å². The van der Waals surface area contributed by atoms with E-state index in [2.05, 4.69) is 20.9 Å². The molecule has 238 valence electrons. The third-order valence-electron chi connectivity index (χ3n) is 7.36. The summed E-state index contributed by atoms with van der Waals surface area (Å²) in [6, 6.07) is 9.60. The van der Waals surface area contributed by atoms with E-state index >= 15 is 0 Å². The lowest BCUT2D eigenvalue weighted by Gasteiger charge is -2.26. The number of aromatic amines is 1. The first-order valence-corrected chi connectivity index (χ1v) is 14.9. The number of fused-ring (bicyclic) bond motifs is 1. The first-order chi connectivity index (χ1) is 21.0. The highest BCUT2D eigenvalue weighted by Crippen LogP contribution is 2.20. The Bertz CT molecular complexity index is 1410. The molecule has 1 heterocycles. The van der Waals surface area contributed by atoms with Crippen molar-refractivity contribution in [2.24, 2.45) is 17.4 Å². The zero-order valence-corrected chi connectivity index (χ0v) is 25.2. The van der Waals surface area contributed by atoms with Crippen LogP contribution in [0.4, 0.5) is 0 Å². The second-order valence-electron chi connectivity index (χ2n) is 11.5. The van der Waals surface area contributed by atoms with E-state index in [-0.39, 0.29) is 37.4 Å². The number of carbonyl (C=O) groups is 4. The van der Waals surface area contributed by atoms with Crippen molar-refractivity contribution in [2.45, 2.75) is 76.5 Å². The second-order valence-corrected chi connectivity index (χ2v) is 11.5. The molecule has 0 saturated carbocycles. The molecule has 0 saturated heterocycles. The molecule has 3 rings (SSSR count). The Kier molecular flexibility index (Phi) is 12.7. The number of carbonyl (C=O) groups excluding carboxylic acids is 3. The van der Waals surface area contributed by atoms with Crippen LogP contribution in [0.2, 0.25) is 0 Å². The maximum Gasteiger partial charge on any atom is 0.326 e. The van der Waals surface area contributed by atoms with Crippen LogP contribution in [-0.4, -0.2) is 69.6 Å². The molecule has 10 N–H and O–H groups in total. The summed E-state index contributed by atoms with van der Waals surface area (Å²) < 4.78 is 0. The topological polar surface area (TPSA) is 213 Å². The third kappa shape index (κ3) is 10.1. The number of hydrogen-bond acceptors (Lipinski definition) is 7. The number of benzene rings is 2. The number of para-hydroxylation sites is 1. The van der Waals surface area contributed by atoms with Crippen LogP contribution in [0.25, 0.3) is 10.9 Å². The molecule has 1 aromatic heterocycles. The van der Waals surface area contributed by atoms with E-state index in [4.69, 9.17) is 11.5 Å². The fourth-order valence-electron chi connectivity index (χ4n) is 4.98. The molecule has 4 unspecified atom stereocenters. The number of phenolic OH excluding ortho intramolecular Hbond substituents is 1. The molecule has 0 radical (unpaired) electrons. The Labute approximate surface area is 257 Å². The molecule has 0 fully saturated rings. The average molecular weight is 609 g/mol. The normalized spacial score (nSPS) is 14.0. The lowest BCUT2D eigenvalue weighted by atomic mass is 9.99. The van der Waals surface area contributed by atoms with Gasteiger partial charge in [-0.05, 0) is 73.9 Å². The van der Waals surface area contributed by atoms with Crippen LogP contribution in [0.15, 0.2) is 54.7 Å². The minimum atomic E-state index is -1.18. The Morgan fingerprint density at radius 3 is 2.14 bits per heavy atom. The van der Waals surface area contributed by atoms with E-state index in [0.717, 1.165) is 22.0 Å². The number of aliphatic carboxylic acids is 1. The van der Waals surface area contributed by atoms with Gasteiger partial charge in [0.25, 0.3) is 0 Å². The maximum atomic E-state index is 13.7. The van der Waals surface area contributed by atoms with Crippen LogP contribution in [0.5, 0.6) is 5.75 Å². The van der Waals surface area contributed by atoms with Crippen molar-refractivity contribution in [3.63, 3.8) is 0 Å². The van der Waals surface area contributed by atoms with E-state index in [1.54, 1.807) is 18.3 Å². The monoisotopic (exact) mass is 608 g/mol. The number of phenols is 1. The van der Waals surface area contributed by atoms with E-state index in [9.17, 15) is 29.4 Å². The Balaban J connectivity index is 1.80. The second kappa shape index (κ2) is 16.4. The number of rotatable bonds is 17. The molecule has 3 aromatic rings. The molecule has 3 amide bonds. The van der Waals surface area contributed by atoms with E-state index in [1.165, 1.54) is 12.1 Å². The summed E-state index contributed by atoms with van der Waals surface area (Å²) in [4.78, 5) is 55.3. The summed E-state index contributed by atoms with van der Waals surface area (Å²) in [7, 11) is 0. The van der Waals surface area contributed by atoms with Gasteiger partial charge in [-0.15, -0.1) is 0 Å². The average Bonchev–Trinajstić information content (AvgIpc) is 3.39. The summed E-state index contributed by atoms with van der Waals surface area (Å²) >= 11 is 0. The van der Waals surface area contributed by atoms with Crippen molar-refractivity contribution in [2.75, 3.05) is 6.54 Å². The van der Waals surface area contributed by atoms with E-state index in [0.29, 0.717) is 19.4 Å². The lowest BCUT2D eigenvalue weighted by molar-refractivity contribution is -0.142. The van der Waals surface area contributed by atoms with E-state index in [1.807, 2.05) is 38.1 Å². The van der Waals surface area contributed by atoms with Crippen molar-refractivity contribution >= 4 is 34.6 Å². The fourth-order valence-corrected chi connectivity index (χ4v) is 4.98. The van der Waals surface area contributed by atoms with Gasteiger partial charge in [0.2, 0.25) is 17.7 Å². The number of nitrogens with two attached hydrogens (primary N) is 2. The SMILES string of the molecule is CC(C)CC(NC(=O)C(N)Cc1ccc(O)cc1)C(=O)NC(Cc1c[nH]c2ccccc12)C(=O)NC(CCCCN)C(=O)O. The van der Waals surface area contributed by atoms with Crippen LogP contribution in [0.3, 0.4) is 0 Å². The number of H-pyrrole nitrogens is 1. The Hall–Kier alpha value is -4.42. The molecule has 12 nitrogen and oxygen atoms in total. The van der Waals surface area contributed by atoms with Crippen LogP contribution in [0.1, 0.15) is 50.7 Å². The smallest absolute Gasteiger partial charge is 0.326 e. The summed E-state index contributed by atoms with van der Waals surface area (Å²) in [5.41, 5.74) is 14.1. The number of carboxylic acid groups (broad SMARTS) is 1. The van der Waals surface area contributed by atoms with Gasteiger partial charge in [-0.1, -0.05) is 44.2 Å². The lowest BCUT2D eigenvalue weighted by Crippen LogP contribution is -2.58. The van der Waals surface area contributed by atoms with Gasteiger partial charge in [0.1, 0.15) is 23.9 Å². The first kappa shape index (κ1) is 34.1. The highest BCUT2D eigenvalue weighted by atomic mass is 16.4. The molecule has 0 aliphatic carbocycles. The van der Waals surface area contributed by atoms with Gasteiger partial charge < -0.3 is 42.6 Å². The highest BCUT2D eigenvalue weighted by molar-refractivity contribution is 5.95. The Morgan fingerprint density at radius 1 is 0.841 bits per heavy atom. The van der Waals surface area contributed by atoms with Crippen molar-refractivity contribution in [1.82, 2.24) is 20.9 Å². The summed E-state index contributed by atoms with van der Waals surface area (Å²) in [5, 5.41) is 28.2. The number of amides is 3. The highest BCUT2D eigenvalue weighted by Gasteiger charge is 2.31. The molecule has 12 heteroatoms. The molecule has 0 bridgehead atoms. The fraction of sp³-hybridized carbons (Fsp3) is 0.438. The molecule has 0 aliphatic rings. The zero-order valence-electron chi connectivity index (χ0n) is 25.2. The van der Waals surface area contributed by atoms with Crippen LogP contribution in [-0.2, 0) is 32.0 Å². The predicted octanol–water partition coefficient (Wildman–Crippen LogP) is 1.70. The first-order valence-electron chi connectivity index (χ1n) is 14.9. The largest absolute Gasteiger partial charge is 0.508 e. The summed E-state index contributed by atoms with van der Waals surface area (Å²) in [6.07, 6.45) is 3.62. The quantitative estimate of drug-likeness (QED) is 0.105. The molecular weight excluding hydrogens is 564 g/mol. The van der Waals surface area contributed by atoms with Crippen molar-refractivity contribution < 1.29 is 29.4 Å². The third-order valence-corrected chi connectivity index (χ3v) is 7.36. The van der Waals surface area contributed by atoms with Crippen LogP contribution >= 0.6 is 0 Å². The molecular formula is C32H44N6O6. The van der Waals surface area contributed by atoms with Gasteiger partial charge in [0, 0.05) is 23.5 Å². The van der Waals surface area contributed by atoms with Gasteiger partial charge >= 0.3 is 5.97 Å². The van der Waals surface area contributed by atoms with Gasteiger partial charge in [0.05, 0.1) is 6.04 Å². The summed E-state index contributed by atoms with van der Waals surface area (Å²) in [5.74, 6) is -2.85. The van der Waals surface area contributed by atoms with Crippen molar-refractivity contribution in [3.8, 4) is 5.75 Å². The molecule has 44 heavy (non-hydrogen) atoms. The van der Waals surface area contributed by atoms with E-state index < -0.39 is 47.9 Å². The number of carboxylic acids is 1. The van der Waals surface area contributed by atoms with Crippen molar-refractivity contribution in [1.29, 1.82) is 0 Å². The minimum absolute atomic E-state index is 0.0132. The number of hydrogen-bond donors (Lipinski definition) is 8. The van der Waals surface area contributed by atoms with Crippen molar-refractivity contribution in [3.05, 3.63) is 65.9 Å². The number of unbranched alkanes of at least 4 members (excludes halogenated alkanes) is 1. The van der Waals surface area contributed by atoms with Crippen LogP contribution in [0, 0.1) is 5.92 Å². The molecule has 4 atom stereocenters. The predicted molar refractivity (Wildman–Crippen MR) is 168 cm³/mol. The molecule has 2 aromatic carbocycles. The molecule has 0 aliphatic heterocycles. The summed E-state index contributed by atoms with van der Waals surface area (Å²) in [6.45, 7) is 4.20. The Morgan fingerprint density at radius 2 is 1.48 bits per heavy atom. The maximum absolute atomic E-state index is 13.7. The minimum Gasteiger partial charge on any atom is -0.508 e. The van der Waals surface area contributed by atoms with Crippen LogP contribution < -0.4 is 27.4 Å². The number of nitrogens with one attached hydrogen (secondary N) is 4. The zero-order chi connectivity index (χ0) is 32.2. The van der Waals surface area contributed by atoms with Gasteiger partial charge in [-0.25, -0.2) is 4.79 Å². The molecule has 0 spiro atoms. The van der Waals surface area contributed by atoms with Gasteiger partial charge in [-0.2, -0.15) is 0 Å². The number of aromatic nitrogens is 1. The number of aromatic hydroxyl groups is 1.